The molecule has 7 heterocycles. The Bertz CT molecular complexity index is 2730. The summed E-state index contributed by atoms with van der Waals surface area (Å²) >= 11 is 0. The van der Waals surface area contributed by atoms with Crippen LogP contribution in [0, 0.1) is 19.8 Å². The molecular weight excluding hydrogens is 809 g/mol. The summed E-state index contributed by atoms with van der Waals surface area (Å²) in [4.78, 5) is 68.1. The Morgan fingerprint density at radius 3 is 2.41 bits per heavy atom. The summed E-state index contributed by atoms with van der Waals surface area (Å²) in [6, 6.07) is 18.2. The summed E-state index contributed by atoms with van der Waals surface area (Å²) in [6.07, 6.45) is 8.13. The van der Waals surface area contributed by atoms with Gasteiger partial charge in [-0.3, -0.25) is 24.7 Å². The lowest BCUT2D eigenvalue weighted by Gasteiger charge is -2.40. The number of nitrogens with one attached hydrogen (secondary N) is 3. The van der Waals surface area contributed by atoms with Gasteiger partial charge in [0.1, 0.15) is 17.8 Å². The molecule has 4 amide bonds. The second-order valence-corrected chi connectivity index (χ2v) is 18.3. The third-order valence-electron chi connectivity index (χ3n) is 13.7. The van der Waals surface area contributed by atoms with Gasteiger partial charge in [-0.1, -0.05) is 24.2 Å². The molecular formula is C48H54N12O4. The van der Waals surface area contributed by atoms with Gasteiger partial charge in [-0.2, -0.15) is 4.98 Å². The number of fused-ring (bicyclic) bond motifs is 1. The molecule has 2 aromatic carbocycles. The van der Waals surface area contributed by atoms with Crippen LogP contribution >= 0.6 is 0 Å². The van der Waals surface area contributed by atoms with Crippen LogP contribution in [-0.2, 0) is 10.2 Å². The number of hydrogen-bond acceptors (Lipinski definition) is 12. The van der Waals surface area contributed by atoms with E-state index in [0.717, 1.165) is 133 Å². The first-order valence-electron chi connectivity index (χ1n) is 22.5. The van der Waals surface area contributed by atoms with Gasteiger partial charge in [0, 0.05) is 104 Å². The van der Waals surface area contributed by atoms with E-state index in [9.17, 15) is 14.4 Å². The van der Waals surface area contributed by atoms with Crippen molar-refractivity contribution in [3.63, 3.8) is 0 Å². The lowest BCUT2D eigenvalue weighted by Crippen LogP contribution is -2.49. The summed E-state index contributed by atoms with van der Waals surface area (Å²) in [5, 5.41) is 10.3. The second-order valence-electron chi connectivity index (χ2n) is 18.3. The number of rotatable bonds is 11. The van der Waals surface area contributed by atoms with Crippen LogP contribution in [-0.4, -0.2) is 105 Å². The minimum atomic E-state index is -0.359. The number of aromatic amines is 1. The van der Waals surface area contributed by atoms with Crippen molar-refractivity contribution in [2.45, 2.75) is 71.3 Å². The number of pyridine rings is 1. The van der Waals surface area contributed by atoms with Gasteiger partial charge in [-0.25, -0.2) is 19.7 Å². The maximum absolute atomic E-state index is 13.0. The third-order valence-corrected chi connectivity index (χ3v) is 13.7. The standard InChI is InChI=1S/C48H54N12O4/c1-29-23-33(5-8-36(29)31(3)52-45(62)44-55-46(64-56-44)48(4)14-15-48)42-37-25-38(53-43(37)51-28-50-42)34-6-10-40(49-26-34)59-21-19-57(20-22-59)27-32-11-16-58(17-12-32)35-7-9-39(30(2)24-35)60-18-13-41(61)54-47(60)63/h5-10,23-26,28,31-32H,11-22,27H2,1-4H3,(H,52,62)(H,50,51,53)(H,54,61,63)/t31-/m1/s1. The predicted octanol–water partition coefficient (Wildman–Crippen LogP) is 6.71. The summed E-state index contributed by atoms with van der Waals surface area (Å²) in [7, 11) is 0. The number of aromatic nitrogens is 6. The van der Waals surface area contributed by atoms with Gasteiger partial charge in [0.25, 0.3) is 11.7 Å². The van der Waals surface area contributed by atoms with E-state index in [0.29, 0.717) is 24.8 Å². The van der Waals surface area contributed by atoms with E-state index in [1.54, 1.807) is 11.2 Å². The molecule has 64 heavy (non-hydrogen) atoms. The topological polar surface area (TPSA) is 182 Å². The Hall–Kier alpha value is -6.68. The molecule has 4 aliphatic rings. The van der Waals surface area contributed by atoms with Crippen LogP contribution in [0.4, 0.5) is 22.0 Å². The minimum absolute atomic E-state index is 0.0596. The molecule has 3 N–H and O–H groups in total. The number of amides is 4. The highest BCUT2D eigenvalue weighted by Crippen LogP contribution is 2.46. The third kappa shape index (κ3) is 8.29. The van der Waals surface area contributed by atoms with Gasteiger partial charge in [-0.05, 0) is 112 Å². The summed E-state index contributed by atoms with van der Waals surface area (Å²) in [6.45, 7) is 15.6. The highest BCUT2D eigenvalue weighted by molar-refractivity contribution is 6.06. The Labute approximate surface area is 371 Å². The average Bonchev–Trinajstić information content (AvgIpc) is 3.63. The van der Waals surface area contributed by atoms with Crippen molar-refractivity contribution >= 4 is 46.1 Å². The summed E-state index contributed by atoms with van der Waals surface area (Å²) in [5.74, 6) is 1.66. The maximum atomic E-state index is 13.0. The largest absolute Gasteiger partial charge is 0.372 e. The van der Waals surface area contributed by atoms with Crippen LogP contribution in [0.3, 0.4) is 0 Å². The first-order valence-corrected chi connectivity index (χ1v) is 22.5. The number of carbonyl (C=O) groups excluding carboxylic acids is 3. The smallest absolute Gasteiger partial charge is 0.328 e. The number of carbonyl (C=O) groups is 3. The molecule has 0 unspecified atom stereocenters. The van der Waals surface area contributed by atoms with Crippen molar-refractivity contribution in [1.82, 2.24) is 45.6 Å². The highest BCUT2D eigenvalue weighted by atomic mass is 16.5. The molecule has 1 aliphatic carbocycles. The zero-order valence-corrected chi connectivity index (χ0v) is 36.9. The molecule has 4 aromatic heterocycles. The number of imide groups is 1. The van der Waals surface area contributed by atoms with E-state index in [4.69, 9.17) is 14.5 Å². The van der Waals surface area contributed by atoms with Crippen LogP contribution in [0.5, 0.6) is 0 Å². The van der Waals surface area contributed by atoms with Crippen molar-refractivity contribution in [3.05, 3.63) is 95.5 Å². The molecule has 10 rings (SSSR count). The van der Waals surface area contributed by atoms with Crippen molar-refractivity contribution in [2.75, 3.05) is 67.1 Å². The van der Waals surface area contributed by atoms with Crippen LogP contribution in [0.15, 0.2) is 71.6 Å². The van der Waals surface area contributed by atoms with Gasteiger partial charge in [-0.15, -0.1) is 0 Å². The number of aryl methyl sites for hydroxylation is 2. The zero-order valence-electron chi connectivity index (χ0n) is 36.9. The fourth-order valence-electron chi connectivity index (χ4n) is 9.50. The molecule has 330 valence electrons. The van der Waals surface area contributed by atoms with Crippen LogP contribution in [0.1, 0.15) is 85.2 Å². The number of H-pyrrole nitrogens is 1. The Morgan fingerprint density at radius 2 is 1.69 bits per heavy atom. The summed E-state index contributed by atoms with van der Waals surface area (Å²) < 4.78 is 5.38. The number of benzene rings is 2. The molecule has 0 bridgehead atoms. The van der Waals surface area contributed by atoms with E-state index in [1.807, 2.05) is 45.2 Å². The van der Waals surface area contributed by atoms with E-state index >= 15 is 0 Å². The van der Waals surface area contributed by atoms with E-state index in [-0.39, 0.29) is 35.1 Å². The van der Waals surface area contributed by atoms with Crippen molar-refractivity contribution < 1.29 is 18.9 Å². The van der Waals surface area contributed by atoms with Gasteiger partial charge in [0.15, 0.2) is 0 Å². The van der Waals surface area contributed by atoms with E-state index in [1.165, 1.54) is 5.69 Å². The number of piperidine rings is 1. The fourth-order valence-corrected chi connectivity index (χ4v) is 9.50. The van der Waals surface area contributed by atoms with Gasteiger partial charge >= 0.3 is 6.03 Å². The summed E-state index contributed by atoms with van der Waals surface area (Å²) in [5.41, 5.74) is 9.44. The molecule has 4 fully saturated rings. The fraction of sp³-hybridized carbons (Fsp3) is 0.417. The maximum Gasteiger partial charge on any atom is 0.328 e. The average molecular weight is 863 g/mol. The number of nitrogens with zero attached hydrogens (tertiary/aromatic N) is 9. The molecule has 3 aliphatic heterocycles. The normalized spacial score (nSPS) is 18.7. The molecule has 0 radical (unpaired) electrons. The van der Waals surface area contributed by atoms with Gasteiger partial charge in [0.2, 0.25) is 11.8 Å². The number of hydrogen-bond donors (Lipinski definition) is 3. The quantitative estimate of drug-likeness (QED) is 0.125. The lowest BCUT2D eigenvalue weighted by atomic mass is 9.95. The van der Waals surface area contributed by atoms with Gasteiger partial charge in [0.05, 0.1) is 11.7 Å². The lowest BCUT2D eigenvalue weighted by molar-refractivity contribution is -0.120. The molecule has 6 aromatic rings. The van der Waals surface area contributed by atoms with Crippen LogP contribution in [0.2, 0.25) is 0 Å². The number of piperazine rings is 1. The molecule has 1 saturated carbocycles. The highest BCUT2D eigenvalue weighted by Gasteiger charge is 2.45. The van der Waals surface area contributed by atoms with Crippen LogP contribution < -0.4 is 25.3 Å². The Morgan fingerprint density at radius 1 is 0.891 bits per heavy atom. The molecule has 16 heteroatoms. The molecule has 3 saturated heterocycles. The van der Waals surface area contributed by atoms with Gasteiger partial charge < -0.3 is 24.6 Å². The van der Waals surface area contributed by atoms with Crippen LogP contribution in [0.25, 0.3) is 33.5 Å². The predicted molar refractivity (Wildman–Crippen MR) is 244 cm³/mol. The van der Waals surface area contributed by atoms with Crippen molar-refractivity contribution in [2.24, 2.45) is 5.92 Å². The Balaban J connectivity index is 0.718. The number of urea groups is 1. The SMILES string of the molecule is Cc1cc(-c2ncnc3[nH]c(-c4ccc(N5CCN(CC6CCN(c7ccc(N8CCC(=O)NC8=O)c(C)c7)CC6)CC5)nc4)cc23)ccc1[C@@H](C)NC(=O)c1noc(C2(C)CC2)n1. The van der Waals surface area contributed by atoms with Crippen molar-refractivity contribution in [3.8, 4) is 22.5 Å². The molecule has 0 spiro atoms. The van der Waals surface area contributed by atoms with Crippen molar-refractivity contribution in [1.29, 1.82) is 0 Å². The van der Waals surface area contributed by atoms with E-state index in [2.05, 4.69) is 88.8 Å². The minimum Gasteiger partial charge on any atom is -0.372 e. The first-order chi connectivity index (χ1) is 31.0. The monoisotopic (exact) mass is 862 g/mol. The first kappa shape index (κ1) is 41.3. The molecule has 16 nitrogen and oxygen atoms in total. The zero-order chi connectivity index (χ0) is 44.1. The Kier molecular flexibility index (Phi) is 10.8. The number of anilines is 3. The molecule has 1 atom stereocenters. The second kappa shape index (κ2) is 16.8. The van der Waals surface area contributed by atoms with E-state index < -0.39 is 0 Å².